The minimum atomic E-state index is -0.544. The number of nitrogens with zero attached hydrogens (tertiary/aromatic N) is 1. The summed E-state index contributed by atoms with van der Waals surface area (Å²) in [5.41, 5.74) is 2.00. The summed E-state index contributed by atoms with van der Waals surface area (Å²) >= 11 is 0. The molecule has 4 heteroatoms. The molecule has 3 rings (SSSR count). The van der Waals surface area contributed by atoms with Crippen molar-refractivity contribution in [2.75, 3.05) is 26.3 Å². The maximum absolute atomic E-state index is 12.6. The van der Waals surface area contributed by atoms with E-state index in [9.17, 15) is 4.79 Å². The second-order valence-corrected chi connectivity index (χ2v) is 5.49. The van der Waals surface area contributed by atoms with Gasteiger partial charge in [0, 0.05) is 18.5 Å². The first-order valence-corrected chi connectivity index (χ1v) is 7.38. The molecule has 1 aromatic carbocycles. The maximum Gasteiger partial charge on any atom is 0.254 e. The summed E-state index contributed by atoms with van der Waals surface area (Å²) in [5.74, 6) is -0.470. The SMILES string of the molecule is CCc1ccc(C(=O)N2CCCC3(C2)OCCO3)cc1. The Morgan fingerprint density at radius 3 is 2.60 bits per heavy atom. The smallest absolute Gasteiger partial charge is 0.254 e. The quantitative estimate of drug-likeness (QED) is 0.831. The van der Waals surface area contributed by atoms with E-state index in [0.717, 1.165) is 31.4 Å². The normalized spacial score (nSPS) is 21.4. The zero-order valence-electron chi connectivity index (χ0n) is 11.9. The van der Waals surface area contributed by atoms with Crippen molar-refractivity contribution in [1.82, 2.24) is 4.90 Å². The zero-order valence-corrected chi connectivity index (χ0v) is 11.9. The number of aryl methyl sites for hydroxylation is 1. The molecule has 0 aromatic heterocycles. The molecule has 20 heavy (non-hydrogen) atoms. The summed E-state index contributed by atoms with van der Waals surface area (Å²) in [6.45, 7) is 4.70. The molecule has 0 aliphatic carbocycles. The fourth-order valence-corrected chi connectivity index (χ4v) is 2.96. The molecule has 0 N–H and O–H groups in total. The van der Waals surface area contributed by atoms with Gasteiger partial charge in [-0.15, -0.1) is 0 Å². The first-order valence-electron chi connectivity index (χ1n) is 7.38. The molecule has 0 radical (unpaired) electrons. The number of carbonyl (C=O) groups is 1. The van der Waals surface area contributed by atoms with Gasteiger partial charge < -0.3 is 14.4 Å². The van der Waals surface area contributed by atoms with E-state index in [1.807, 2.05) is 29.2 Å². The molecule has 108 valence electrons. The highest BCUT2D eigenvalue weighted by Gasteiger charge is 2.42. The molecule has 2 heterocycles. The first kappa shape index (κ1) is 13.6. The average Bonchev–Trinajstić information content (AvgIpc) is 2.94. The molecule has 2 fully saturated rings. The molecule has 0 bridgehead atoms. The Bertz CT molecular complexity index is 477. The number of likely N-dealkylation sites (tertiary alicyclic amines) is 1. The monoisotopic (exact) mass is 275 g/mol. The summed E-state index contributed by atoms with van der Waals surface area (Å²) in [7, 11) is 0. The Hall–Kier alpha value is -1.39. The second-order valence-electron chi connectivity index (χ2n) is 5.49. The predicted molar refractivity (Wildman–Crippen MR) is 75.6 cm³/mol. The number of ether oxygens (including phenoxy) is 2. The molecule has 0 saturated carbocycles. The minimum absolute atomic E-state index is 0.0748. The third-order valence-electron chi connectivity index (χ3n) is 4.13. The maximum atomic E-state index is 12.6. The summed E-state index contributed by atoms with van der Waals surface area (Å²) in [6, 6.07) is 7.88. The highest BCUT2D eigenvalue weighted by Crippen LogP contribution is 2.30. The first-order chi connectivity index (χ1) is 9.72. The van der Waals surface area contributed by atoms with Crippen LogP contribution < -0.4 is 0 Å². The molecule has 0 unspecified atom stereocenters. The van der Waals surface area contributed by atoms with Crippen molar-refractivity contribution in [3.05, 3.63) is 35.4 Å². The third kappa shape index (κ3) is 2.58. The lowest BCUT2D eigenvalue weighted by atomic mass is 10.0. The van der Waals surface area contributed by atoms with Crippen LogP contribution in [-0.2, 0) is 15.9 Å². The van der Waals surface area contributed by atoms with E-state index in [0.29, 0.717) is 19.8 Å². The molecule has 2 aliphatic heterocycles. The van der Waals surface area contributed by atoms with Gasteiger partial charge in [0.1, 0.15) is 0 Å². The molecule has 1 amide bonds. The van der Waals surface area contributed by atoms with E-state index in [1.165, 1.54) is 5.56 Å². The van der Waals surface area contributed by atoms with Gasteiger partial charge in [0.15, 0.2) is 5.79 Å². The third-order valence-corrected chi connectivity index (χ3v) is 4.13. The van der Waals surface area contributed by atoms with E-state index in [2.05, 4.69) is 6.92 Å². The van der Waals surface area contributed by atoms with Gasteiger partial charge in [-0.25, -0.2) is 0 Å². The fourth-order valence-electron chi connectivity index (χ4n) is 2.96. The lowest BCUT2D eigenvalue weighted by Gasteiger charge is -2.38. The van der Waals surface area contributed by atoms with Crippen LogP contribution in [0.5, 0.6) is 0 Å². The van der Waals surface area contributed by atoms with E-state index >= 15 is 0 Å². The van der Waals surface area contributed by atoms with Gasteiger partial charge in [-0.3, -0.25) is 4.79 Å². The van der Waals surface area contributed by atoms with Crippen molar-refractivity contribution in [3.63, 3.8) is 0 Å². The summed E-state index contributed by atoms with van der Waals surface area (Å²) in [6.07, 6.45) is 2.80. The molecule has 1 spiro atoms. The Balaban J connectivity index is 1.72. The Labute approximate surface area is 119 Å². The van der Waals surface area contributed by atoms with Crippen LogP contribution in [0.1, 0.15) is 35.7 Å². The van der Waals surface area contributed by atoms with Crippen LogP contribution in [0.15, 0.2) is 24.3 Å². The van der Waals surface area contributed by atoms with Gasteiger partial charge in [0.25, 0.3) is 5.91 Å². The van der Waals surface area contributed by atoms with Crippen LogP contribution in [0.25, 0.3) is 0 Å². The number of amides is 1. The van der Waals surface area contributed by atoms with E-state index < -0.39 is 5.79 Å². The van der Waals surface area contributed by atoms with Crippen molar-refractivity contribution in [2.45, 2.75) is 32.0 Å². The van der Waals surface area contributed by atoms with Gasteiger partial charge >= 0.3 is 0 Å². The summed E-state index contributed by atoms with van der Waals surface area (Å²) < 4.78 is 11.4. The lowest BCUT2D eigenvalue weighted by molar-refractivity contribution is -0.183. The standard InChI is InChI=1S/C16H21NO3/c1-2-13-4-6-14(7-5-13)15(18)17-9-3-8-16(12-17)19-10-11-20-16/h4-7H,2-3,8-12H2,1H3. The van der Waals surface area contributed by atoms with Crippen LogP contribution in [-0.4, -0.2) is 42.9 Å². The van der Waals surface area contributed by atoms with Crippen molar-refractivity contribution >= 4 is 5.91 Å². The average molecular weight is 275 g/mol. The van der Waals surface area contributed by atoms with Crippen LogP contribution in [0, 0.1) is 0 Å². The largest absolute Gasteiger partial charge is 0.346 e. The van der Waals surface area contributed by atoms with Crippen LogP contribution in [0.3, 0.4) is 0 Å². The Morgan fingerprint density at radius 1 is 1.25 bits per heavy atom. The number of hydrogen-bond acceptors (Lipinski definition) is 3. The molecule has 0 atom stereocenters. The molecular weight excluding hydrogens is 254 g/mol. The number of carbonyl (C=O) groups excluding carboxylic acids is 1. The van der Waals surface area contributed by atoms with Gasteiger partial charge in [-0.1, -0.05) is 19.1 Å². The predicted octanol–water partition coefficient (Wildman–Crippen LogP) is 2.23. The topological polar surface area (TPSA) is 38.8 Å². The van der Waals surface area contributed by atoms with E-state index in [1.54, 1.807) is 0 Å². The molecule has 1 aromatic rings. The van der Waals surface area contributed by atoms with Crippen LogP contribution in [0.4, 0.5) is 0 Å². The van der Waals surface area contributed by atoms with Crippen LogP contribution >= 0.6 is 0 Å². The summed E-state index contributed by atoms with van der Waals surface area (Å²) in [4.78, 5) is 14.4. The highest BCUT2D eigenvalue weighted by molar-refractivity contribution is 5.94. The number of benzene rings is 1. The second kappa shape index (κ2) is 5.54. The van der Waals surface area contributed by atoms with Gasteiger partial charge in [0.05, 0.1) is 19.8 Å². The van der Waals surface area contributed by atoms with Gasteiger partial charge in [0.2, 0.25) is 0 Å². The molecule has 2 aliphatic rings. The molecule has 2 saturated heterocycles. The number of piperidine rings is 1. The zero-order chi connectivity index (χ0) is 14.0. The van der Waals surface area contributed by atoms with Crippen molar-refractivity contribution in [1.29, 1.82) is 0 Å². The highest BCUT2D eigenvalue weighted by atomic mass is 16.7. The fraction of sp³-hybridized carbons (Fsp3) is 0.562. The molecule has 4 nitrogen and oxygen atoms in total. The van der Waals surface area contributed by atoms with E-state index in [4.69, 9.17) is 9.47 Å². The number of rotatable bonds is 2. The minimum Gasteiger partial charge on any atom is -0.346 e. The lowest BCUT2D eigenvalue weighted by Crippen LogP contribution is -2.51. The number of hydrogen-bond donors (Lipinski definition) is 0. The van der Waals surface area contributed by atoms with E-state index in [-0.39, 0.29) is 5.91 Å². The van der Waals surface area contributed by atoms with Crippen LogP contribution in [0.2, 0.25) is 0 Å². The Morgan fingerprint density at radius 2 is 1.95 bits per heavy atom. The Kier molecular flexibility index (Phi) is 3.76. The van der Waals surface area contributed by atoms with Crippen molar-refractivity contribution in [2.24, 2.45) is 0 Å². The van der Waals surface area contributed by atoms with Crippen molar-refractivity contribution in [3.8, 4) is 0 Å². The van der Waals surface area contributed by atoms with Gasteiger partial charge in [-0.2, -0.15) is 0 Å². The van der Waals surface area contributed by atoms with Gasteiger partial charge in [-0.05, 0) is 30.5 Å². The van der Waals surface area contributed by atoms with Crippen molar-refractivity contribution < 1.29 is 14.3 Å². The summed E-state index contributed by atoms with van der Waals surface area (Å²) in [5, 5.41) is 0. The molecular formula is C16H21NO3.